The number of carbonyl (C=O) groups is 1. The fourth-order valence-electron chi connectivity index (χ4n) is 1.06. The van der Waals surface area contributed by atoms with E-state index < -0.39 is 31.7 Å². The number of ether oxygens (including phenoxy) is 1. The van der Waals surface area contributed by atoms with Gasteiger partial charge in [-0.15, -0.1) is 0 Å². The van der Waals surface area contributed by atoms with Crippen LogP contribution in [0.5, 0.6) is 0 Å². The molecule has 0 spiro atoms. The second kappa shape index (κ2) is 7.67. The summed E-state index contributed by atoms with van der Waals surface area (Å²) in [6.07, 6.45) is 0.197. The van der Waals surface area contributed by atoms with E-state index in [0.29, 0.717) is 0 Å². The minimum atomic E-state index is -4.19. The summed E-state index contributed by atoms with van der Waals surface area (Å²) in [7, 11) is -4.19. The van der Waals surface area contributed by atoms with E-state index in [2.05, 4.69) is 11.3 Å². The van der Waals surface area contributed by atoms with E-state index in [0.717, 1.165) is 0 Å². The summed E-state index contributed by atoms with van der Waals surface area (Å²) < 4.78 is 40.4. The summed E-state index contributed by atoms with van der Waals surface area (Å²) in [5.74, 6) is -3.73. The molecule has 0 aromatic carbocycles. The van der Waals surface area contributed by atoms with Gasteiger partial charge in [0.2, 0.25) is 0 Å². The van der Waals surface area contributed by atoms with Crippen molar-refractivity contribution >= 4 is 13.6 Å². The average Bonchev–Trinajstić information content (AvgIpc) is 2.22. The van der Waals surface area contributed by atoms with E-state index in [9.17, 15) is 13.8 Å². The van der Waals surface area contributed by atoms with Crippen LogP contribution in [0.25, 0.3) is 0 Å². The second-order valence-corrected chi connectivity index (χ2v) is 6.06. The van der Waals surface area contributed by atoms with Crippen LogP contribution >= 0.6 is 7.60 Å². The van der Waals surface area contributed by atoms with Gasteiger partial charge < -0.3 is 13.8 Å². The number of halogens is 1. The Bertz CT molecular complexity index is 315. The fourth-order valence-corrected chi connectivity index (χ4v) is 2.83. The van der Waals surface area contributed by atoms with Gasteiger partial charge in [-0.1, -0.05) is 12.7 Å². The first-order chi connectivity index (χ1) is 8.23. The number of alkyl halides is 1. The van der Waals surface area contributed by atoms with Crippen LogP contribution in [0.3, 0.4) is 0 Å². The Kier molecular flexibility index (Phi) is 7.36. The summed E-state index contributed by atoms with van der Waals surface area (Å²) in [5.41, 5.74) is 0. The maximum Gasteiger partial charge on any atom is 0.376 e. The van der Waals surface area contributed by atoms with Crippen molar-refractivity contribution in [3.05, 3.63) is 12.7 Å². The van der Waals surface area contributed by atoms with Gasteiger partial charge in [-0.2, -0.15) is 0 Å². The van der Waals surface area contributed by atoms with Crippen LogP contribution in [0, 0.1) is 0 Å². The molecule has 0 aliphatic rings. The van der Waals surface area contributed by atoms with Crippen LogP contribution in [0.15, 0.2) is 12.7 Å². The van der Waals surface area contributed by atoms with Gasteiger partial charge in [0.15, 0.2) is 0 Å². The molecule has 0 aromatic rings. The van der Waals surface area contributed by atoms with Crippen molar-refractivity contribution in [2.45, 2.75) is 45.8 Å². The van der Waals surface area contributed by atoms with Crippen molar-refractivity contribution in [3.63, 3.8) is 0 Å². The maximum absolute atomic E-state index is 13.9. The third-order valence-electron chi connectivity index (χ3n) is 1.53. The summed E-state index contributed by atoms with van der Waals surface area (Å²) >= 11 is 0. The predicted molar refractivity (Wildman–Crippen MR) is 66.1 cm³/mol. The lowest BCUT2D eigenvalue weighted by molar-refractivity contribution is -0.145. The zero-order chi connectivity index (χ0) is 14.3. The van der Waals surface area contributed by atoms with Crippen molar-refractivity contribution in [1.82, 2.24) is 0 Å². The van der Waals surface area contributed by atoms with E-state index in [1.165, 1.54) is 6.08 Å². The molecule has 0 bridgehead atoms. The molecule has 0 aromatic heterocycles. The molecule has 0 N–H and O–H groups in total. The molecule has 0 saturated carbocycles. The topological polar surface area (TPSA) is 61.8 Å². The molecule has 1 atom stereocenters. The highest BCUT2D eigenvalue weighted by molar-refractivity contribution is 7.55. The van der Waals surface area contributed by atoms with E-state index in [1.807, 2.05) is 0 Å². The zero-order valence-corrected chi connectivity index (χ0v) is 12.0. The van der Waals surface area contributed by atoms with Gasteiger partial charge in [0.25, 0.3) is 5.91 Å². The van der Waals surface area contributed by atoms with Crippen LogP contribution in [0.2, 0.25) is 0 Å². The lowest BCUT2D eigenvalue weighted by atomic mass is 10.5. The van der Waals surface area contributed by atoms with E-state index in [1.54, 1.807) is 27.7 Å². The first-order valence-electron chi connectivity index (χ1n) is 5.61. The smallest absolute Gasteiger partial charge is 0.376 e. The van der Waals surface area contributed by atoms with E-state index in [4.69, 9.17) is 9.05 Å². The molecule has 5 nitrogen and oxygen atoms in total. The molecule has 0 heterocycles. The molecule has 0 saturated heterocycles. The molecule has 7 heteroatoms. The van der Waals surface area contributed by atoms with Gasteiger partial charge in [-0.25, -0.2) is 9.18 Å². The first-order valence-corrected chi connectivity index (χ1v) is 7.22. The highest BCUT2D eigenvalue weighted by atomic mass is 31.2. The van der Waals surface area contributed by atoms with Crippen LogP contribution in [-0.4, -0.2) is 30.7 Å². The molecule has 0 amide bonds. The van der Waals surface area contributed by atoms with Gasteiger partial charge in [0.05, 0.1) is 12.2 Å². The third-order valence-corrected chi connectivity index (χ3v) is 3.73. The fraction of sp³-hybridized carbons (Fsp3) is 0.727. The lowest BCUT2D eigenvalue weighted by Gasteiger charge is -2.24. The van der Waals surface area contributed by atoms with Gasteiger partial charge in [0.1, 0.15) is 6.61 Å². The van der Waals surface area contributed by atoms with Crippen molar-refractivity contribution < 1.29 is 27.5 Å². The molecule has 0 aliphatic carbocycles. The van der Waals surface area contributed by atoms with E-state index >= 15 is 0 Å². The number of esters is 1. The summed E-state index contributed by atoms with van der Waals surface area (Å²) in [6.45, 7) is 9.43. The first kappa shape index (κ1) is 17.3. The Morgan fingerprint density at radius 1 is 1.28 bits per heavy atom. The Balaban J connectivity index is 4.88. The molecule has 0 radical (unpaired) electrons. The van der Waals surface area contributed by atoms with Crippen LogP contribution < -0.4 is 0 Å². The minimum absolute atomic E-state index is 0.164. The van der Waals surface area contributed by atoms with Crippen molar-refractivity contribution in [2.75, 3.05) is 6.61 Å². The Labute approximate surface area is 107 Å². The van der Waals surface area contributed by atoms with Crippen molar-refractivity contribution in [1.29, 1.82) is 0 Å². The average molecular weight is 282 g/mol. The number of rotatable bonds is 8. The van der Waals surface area contributed by atoms with Crippen molar-refractivity contribution in [2.24, 2.45) is 0 Å². The molecule has 0 rings (SSSR count). The largest absolute Gasteiger partial charge is 0.459 e. The standard InChI is InChI=1S/C11H20FO5P/c1-6-7-15-11(13)10(12)18(14,16-8(2)3)17-9(4)5/h6,8-10H,1,7H2,2-5H3. The van der Waals surface area contributed by atoms with Gasteiger partial charge in [0, 0.05) is 0 Å². The molecule has 1 unspecified atom stereocenters. The van der Waals surface area contributed by atoms with Gasteiger partial charge in [-0.3, -0.25) is 4.57 Å². The number of hydrogen-bond donors (Lipinski definition) is 0. The van der Waals surface area contributed by atoms with E-state index in [-0.39, 0.29) is 6.61 Å². The summed E-state index contributed by atoms with van der Waals surface area (Å²) in [5, 5.41) is 0. The SMILES string of the molecule is C=CCOC(=O)C(F)P(=O)(OC(C)C)OC(C)C. The third kappa shape index (κ3) is 5.76. The lowest BCUT2D eigenvalue weighted by Crippen LogP contribution is -2.24. The molecule has 0 aliphatic heterocycles. The second-order valence-electron chi connectivity index (χ2n) is 4.10. The summed E-state index contributed by atoms with van der Waals surface area (Å²) in [6, 6.07) is 0. The Morgan fingerprint density at radius 2 is 1.72 bits per heavy atom. The number of hydrogen-bond acceptors (Lipinski definition) is 5. The van der Waals surface area contributed by atoms with Crippen molar-refractivity contribution in [3.8, 4) is 0 Å². The van der Waals surface area contributed by atoms with Crippen LogP contribution in [0.1, 0.15) is 27.7 Å². The molecular weight excluding hydrogens is 262 g/mol. The predicted octanol–water partition coefficient (Wildman–Crippen LogP) is 3.05. The summed E-state index contributed by atoms with van der Waals surface area (Å²) in [4.78, 5) is 11.3. The monoisotopic (exact) mass is 282 g/mol. The Hall–Kier alpha value is -0.710. The molecule has 106 valence electrons. The quantitative estimate of drug-likeness (QED) is 0.389. The number of carbonyl (C=O) groups excluding carboxylic acids is 1. The van der Waals surface area contributed by atoms with Gasteiger partial charge >= 0.3 is 13.6 Å². The molecular formula is C11H20FO5P. The van der Waals surface area contributed by atoms with Gasteiger partial charge in [-0.05, 0) is 27.7 Å². The minimum Gasteiger partial charge on any atom is -0.459 e. The van der Waals surface area contributed by atoms with Crippen LogP contribution in [0.4, 0.5) is 4.39 Å². The molecule has 18 heavy (non-hydrogen) atoms. The highest BCUT2D eigenvalue weighted by Gasteiger charge is 2.44. The normalized spacial score (nSPS) is 13.7. The maximum atomic E-state index is 13.9. The Morgan fingerprint density at radius 3 is 2.06 bits per heavy atom. The highest BCUT2D eigenvalue weighted by Crippen LogP contribution is 2.56. The van der Waals surface area contributed by atoms with Crippen LogP contribution in [-0.2, 0) is 23.1 Å². The zero-order valence-electron chi connectivity index (χ0n) is 11.1. The molecule has 0 fully saturated rings.